The third-order valence-corrected chi connectivity index (χ3v) is 4.73. The lowest BCUT2D eigenvalue weighted by Crippen LogP contribution is -2.33. The van der Waals surface area contributed by atoms with Gasteiger partial charge in [-0.25, -0.2) is 0 Å². The van der Waals surface area contributed by atoms with Crippen LogP contribution in [0.3, 0.4) is 0 Å². The first-order valence-corrected chi connectivity index (χ1v) is 8.79. The predicted molar refractivity (Wildman–Crippen MR) is 102 cm³/mol. The largest absolute Gasteiger partial charge is 0.457 e. The minimum Gasteiger partial charge on any atom is -0.457 e. The maximum atomic E-state index is 6.11. The van der Waals surface area contributed by atoms with Crippen LogP contribution in [0.25, 0.3) is 0 Å². The number of likely N-dealkylation sites (N-methyl/N-ethyl adjacent to an activating group) is 1. The van der Waals surface area contributed by atoms with Gasteiger partial charge in [-0.1, -0.05) is 32.0 Å². The van der Waals surface area contributed by atoms with E-state index in [2.05, 4.69) is 63.8 Å². The van der Waals surface area contributed by atoms with Gasteiger partial charge < -0.3 is 10.5 Å². The van der Waals surface area contributed by atoms with Gasteiger partial charge >= 0.3 is 0 Å². The molecule has 2 N–H and O–H groups in total. The highest BCUT2D eigenvalue weighted by Crippen LogP contribution is 2.29. The maximum absolute atomic E-state index is 6.11. The molecule has 1 atom stereocenters. The van der Waals surface area contributed by atoms with Gasteiger partial charge in [0.1, 0.15) is 11.5 Å². The molecule has 130 valence electrons. The normalized spacial score (nSPS) is 12.5. The van der Waals surface area contributed by atoms with E-state index in [1.807, 2.05) is 12.1 Å². The van der Waals surface area contributed by atoms with Crippen LogP contribution in [-0.4, -0.2) is 24.5 Å². The fraction of sp³-hybridized carbons (Fsp3) is 0.429. The van der Waals surface area contributed by atoms with E-state index in [1.54, 1.807) is 0 Å². The van der Waals surface area contributed by atoms with Crippen molar-refractivity contribution in [3.8, 4) is 11.5 Å². The van der Waals surface area contributed by atoms with Crippen molar-refractivity contribution >= 4 is 0 Å². The maximum Gasteiger partial charge on any atom is 0.130 e. The Morgan fingerprint density at radius 3 is 2.17 bits per heavy atom. The second-order valence-corrected chi connectivity index (χ2v) is 6.35. The summed E-state index contributed by atoms with van der Waals surface area (Å²) in [6, 6.07) is 12.9. The molecule has 0 saturated heterocycles. The number of nitrogens with zero attached hydrogens (tertiary/aromatic N) is 1. The van der Waals surface area contributed by atoms with Crippen LogP contribution in [0.5, 0.6) is 11.5 Å². The van der Waals surface area contributed by atoms with E-state index in [-0.39, 0.29) is 6.04 Å². The molecule has 0 heterocycles. The molecular formula is C21H30N2O. The van der Waals surface area contributed by atoms with E-state index in [0.29, 0.717) is 6.54 Å². The van der Waals surface area contributed by atoms with E-state index in [4.69, 9.17) is 10.5 Å². The van der Waals surface area contributed by atoms with Crippen molar-refractivity contribution < 1.29 is 4.74 Å². The van der Waals surface area contributed by atoms with Crippen molar-refractivity contribution in [3.05, 3.63) is 58.7 Å². The van der Waals surface area contributed by atoms with E-state index in [0.717, 1.165) is 24.6 Å². The molecule has 0 aliphatic rings. The van der Waals surface area contributed by atoms with Crippen LogP contribution < -0.4 is 10.5 Å². The lowest BCUT2D eigenvalue weighted by atomic mass is 10.0. The standard InChI is InChI=1S/C21H30N2O/c1-6-23(7-2)20(14-22)18-8-10-19(11-9-18)24-21-13-15(3)12-16(4)17(21)5/h8-13,20H,6-7,14,22H2,1-5H3. The SMILES string of the molecule is CCN(CC)C(CN)c1ccc(Oc2cc(C)cc(C)c2C)cc1. The molecule has 0 radical (unpaired) electrons. The smallest absolute Gasteiger partial charge is 0.130 e. The minimum atomic E-state index is 0.261. The molecule has 3 nitrogen and oxygen atoms in total. The summed E-state index contributed by atoms with van der Waals surface area (Å²) in [7, 11) is 0. The van der Waals surface area contributed by atoms with E-state index < -0.39 is 0 Å². The topological polar surface area (TPSA) is 38.5 Å². The molecule has 0 spiro atoms. The molecule has 2 aromatic rings. The van der Waals surface area contributed by atoms with Crippen LogP contribution in [0.4, 0.5) is 0 Å². The minimum absolute atomic E-state index is 0.261. The van der Waals surface area contributed by atoms with Crippen LogP contribution in [0.15, 0.2) is 36.4 Å². The first-order chi connectivity index (χ1) is 11.5. The summed E-state index contributed by atoms with van der Waals surface area (Å²) in [5, 5.41) is 0. The monoisotopic (exact) mass is 326 g/mol. The zero-order valence-corrected chi connectivity index (χ0v) is 15.6. The molecule has 0 aliphatic carbocycles. The number of ether oxygens (including phenoxy) is 1. The Morgan fingerprint density at radius 1 is 1.00 bits per heavy atom. The molecule has 0 fully saturated rings. The molecule has 24 heavy (non-hydrogen) atoms. The Labute approximate surface area is 146 Å². The lowest BCUT2D eigenvalue weighted by Gasteiger charge is -2.29. The fourth-order valence-corrected chi connectivity index (χ4v) is 3.15. The molecular weight excluding hydrogens is 296 g/mol. The van der Waals surface area contributed by atoms with Gasteiger partial charge in [-0.3, -0.25) is 4.90 Å². The Hall–Kier alpha value is -1.84. The number of aryl methyl sites for hydroxylation is 2. The molecule has 2 aromatic carbocycles. The number of hydrogen-bond donors (Lipinski definition) is 1. The number of benzene rings is 2. The third kappa shape index (κ3) is 4.16. The summed E-state index contributed by atoms with van der Waals surface area (Å²) < 4.78 is 6.11. The average Bonchev–Trinajstić information content (AvgIpc) is 2.58. The van der Waals surface area contributed by atoms with Gasteiger partial charge in [0.2, 0.25) is 0 Å². The molecule has 1 unspecified atom stereocenters. The fourth-order valence-electron chi connectivity index (χ4n) is 3.15. The summed E-state index contributed by atoms with van der Waals surface area (Å²) in [4.78, 5) is 2.38. The van der Waals surface area contributed by atoms with Crippen LogP contribution in [0, 0.1) is 20.8 Å². The highest BCUT2D eigenvalue weighted by molar-refractivity contribution is 5.44. The van der Waals surface area contributed by atoms with Gasteiger partial charge in [-0.2, -0.15) is 0 Å². The molecule has 0 aliphatic heterocycles. The van der Waals surface area contributed by atoms with Gasteiger partial charge in [0.15, 0.2) is 0 Å². The number of nitrogens with two attached hydrogens (primary N) is 1. The van der Waals surface area contributed by atoms with Gasteiger partial charge in [0.25, 0.3) is 0 Å². The molecule has 0 bridgehead atoms. The number of hydrogen-bond acceptors (Lipinski definition) is 3. The molecule has 2 rings (SSSR count). The highest BCUT2D eigenvalue weighted by atomic mass is 16.5. The van der Waals surface area contributed by atoms with Crippen LogP contribution >= 0.6 is 0 Å². The van der Waals surface area contributed by atoms with Crippen molar-refractivity contribution in [2.75, 3.05) is 19.6 Å². The molecule has 3 heteroatoms. The van der Waals surface area contributed by atoms with E-state index in [1.165, 1.54) is 22.3 Å². The summed E-state index contributed by atoms with van der Waals surface area (Å²) in [6.45, 7) is 13.3. The van der Waals surface area contributed by atoms with Crippen LogP contribution in [-0.2, 0) is 0 Å². The first-order valence-electron chi connectivity index (χ1n) is 8.79. The van der Waals surface area contributed by atoms with Gasteiger partial charge in [-0.05, 0) is 74.3 Å². The third-order valence-electron chi connectivity index (χ3n) is 4.73. The number of rotatable bonds is 7. The second kappa shape index (κ2) is 8.32. The summed E-state index contributed by atoms with van der Waals surface area (Å²) in [6.07, 6.45) is 0. The van der Waals surface area contributed by atoms with Crippen molar-refractivity contribution in [3.63, 3.8) is 0 Å². The zero-order valence-electron chi connectivity index (χ0n) is 15.6. The zero-order chi connectivity index (χ0) is 17.7. The lowest BCUT2D eigenvalue weighted by molar-refractivity contribution is 0.224. The summed E-state index contributed by atoms with van der Waals surface area (Å²) in [5.41, 5.74) is 10.9. The van der Waals surface area contributed by atoms with E-state index >= 15 is 0 Å². The Bertz CT molecular complexity index is 660. The molecule has 0 amide bonds. The molecule has 0 saturated carbocycles. The van der Waals surface area contributed by atoms with Gasteiger partial charge in [0, 0.05) is 12.6 Å². The van der Waals surface area contributed by atoms with E-state index in [9.17, 15) is 0 Å². The second-order valence-electron chi connectivity index (χ2n) is 6.35. The molecule has 0 aromatic heterocycles. The summed E-state index contributed by atoms with van der Waals surface area (Å²) >= 11 is 0. The van der Waals surface area contributed by atoms with Crippen molar-refractivity contribution in [2.24, 2.45) is 5.73 Å². The summed E-state index contributed by atoms with van der Waals surface area (Å²) in [5.74, 6) is 1.79. The van der Waals surface area contributed by atoms with Crippen molar-refractivity contribution in [1.29, 1.82) is 0 Å². The Kier molecular flexibility index (Phi) is 6.41. The van der Waals surface area contributed by atoms with Crippen molar-refractivity contribution in [1.82, 2.24) is 4.90 Å². The van der Waals surface area contributed by atoms with Crippen LogP contribution in [0.1, 0.15) is 42.1 Å². The van der Waals surface area contributed by atoms with Gasteiger partial charge in [-0.15, -0.1) is 0 Å². The van der Waals surface area contributed by atoms with Crippen LogP contribution in [0.2, 0.25) is 0 Å². The predicted octanol–water partition coefficient (Wildman–Crippen LogP) is 4.75. The average molecular weight is 326 g/mol. The highest BCUT2D eigenvalue weighted by Gasteiger charge is 2.16. The quantitative estimate of drug-likeness (QED) is 0.798. The first kappa shape index (κ1) is 18.5. The van der Waals surface area contributed by atoms with Crippen molar-refractivity contribution in [2.45, 2.75) is 40.7 Å². The van der Waals surface area contributed by atoms with Gasteiger partial charge in [0.05, 0.1) is 0 Å². The Balaban J connectivity index is 2.21. The Morgan fingerprint density at radius 2 is 1.62 bits per heavy atom.